The molecule has 3 nitrogen and oxygen atoms in total. The Bertz CT molecular complexity index is 220. The van der Waals surface area contributed by atoms with Crippen molar-refractivity contribution in [1.82, 2.24) is 10.2 Å². The van der Waals surface area contributed by atoms with E-state index in [1.54, 1.807) is 0 Å². The van der Waals surface area contributed by atoms with E-state index in [9.17, 15) is 5.11 Å². The SMILES string of the molecule is CC(C)CN(CC1(O)CCNCC1)C1CC1. The van der Waals surface area contributed by atoms with Crippen molar-refractivity contribution in [3.05, 3.63) is 0 Å². The zero-order chi connectivity index (χ0) is 11.6. The fourth-order valence-corrected chi connectivity index (χ4v) is 2.68. The van der Waals surface area contributed by atoms with Crippen LogP contribution in [0, 0.1) is 5.92 Å². The number of rotatable bonds is 5. The summed E-state index contributed by atoms with van der Waals surface area (Å²) in [6.07, 6.45) is 4.49. The van der Waals surface area contributed by atoms with E-state index in [0.717, 1.165) is 45.1 Å². The van der Waals surface area contributed by atoms with Crippen LogP contribution in [-0.2, 0) is 0 Å². The van der Waals surface area contributed by atoms with Crippen LogP contribution >= 0.6 is 0 Å². The summed E-state index contributed by atoms with van der Waals surface area (Å²) in [5, 5.41) is 13.9. The third kappa shape index (κ3) is 3.44. The second kappa shape index (κ2) is 5.03. The lowest BCUT2D eigenvalue weighted by Crippen LogP contribution is -2.51. The van der Waals surface area contributed by atoms with Crippen molar-refractivity contribution in [2.45, 2.75) is 51.2 Å². The summed E-state index contributed by atoms with van der Waals surface area (Å²) in [5.74, 6) is 0.700. The van der Waals surface area contributed by atoms with E-state index in [2.05, 4.69) is 24.1 Å². The van der Waals surface area contributed by atoms with Crippen LogP contribution in [0.3, 0.4) is 0 Å². The Kier molecular flexibility index (Phi) is 3.88. The Labute approximate surface area is 99.2 Å². The minimum atomic E-state index is -0.428. The number of hydrogen-bond donors (Lipinski definition) is 2. The van der Waals surface area contributed by atoms with Crippen molar-refractivity contribution in [2.24, 2.45) is 5.92 Å². The van der Waals surface area contributed by atoms with Gasteiger partial charge in [-0.25, -0.2) is 0 Å². The number of piperidine rings is 1. The van der Waals surface area contributed by atoms with Crippen LogP contribution in [0.5, 0.6) is 0 Å². The van der Waals surface area contributed by atoms with E-state index in [4.69, 9.17) is 0 Å². The first-order valence-corrected chi connectivity index (χ1v) is 6.76. The Morgan fingerprint density at radius 2 is 1.94 bits per heavy atom. The van der Waals surface area contributed by atoms with E-state index in [1.807, 2.05) is 0 Å². The summed E-state index contributed by atoms with van der Waals surface area (Å²) in [7, 11) is 0. The summed E-state index contributed by atoms with van der Waals surface area (Å²) in [6, 6.07) is 0.765. The molecule has 2 rings (SSSR count). The van der Waals surface area contributed by atoms with Crippen LogP contribution in [0.15, 0.2) is 0 Å². The lowest BCUT2D eigenvalue weighted by Gasteiger charge is -2.38. The predicted octanol–water partition coefficient (Wildman–Crippen LogP) is 1.22. The molecule has 1 aliphatic heterocycles. The lowest BCUT2D eigenvalue weighted by molar-refractivity contribution is -0.0252. The molecular weight excluding hydrogens is 200 g/mol. The quantitative estimate of drug-likeness (QED) is 0.740. The highest BCUT2D eigenvalue weighted by Crippen LogP contribution is 2.30. The van der Waals surface area contributed by atoms with Gasteiger partial charge in [-0.05, 0) is 44.7 Å². The Morgan fingerprint density at radius 1 is 1.31 bits per heavy atom. The smallest absolute Gasteiger partial charge is 0.0798 e. The minimum absolute atomic E-state index is 0.428. The molecular formula is C13H26N2O. The average Bonchev–Trinajstić information content (AvgIpc) is 2.99. The summed E-state index contributed by atoms with van der Waals surface area (Å²) in [6.45, 7) is 8.50. The van der Waals surface area contributed by atoms with Gasteiger partial charge in [-0.1, -0.05) is 13.8 Å². The molecule has 3 heteroatoms. The molecule has 0 atom stereocenters. The van der Waals surface area contributed by atoms with E-state index >= 15 is 0 Å². The molecule has 0 aromatic carbocycles. The second-order valence-corrected chi connectivity index (χ2v) is 6.03. The number of nitrogens with zero attached hydrogens (tertiary/aromatic N) is 1. The molecule has 0 amide bonds. The fraction of sp³-hybridized carbons (Fsp3) is 1.00. The molecule has 1 saturated heterocycles. The highest BCUT2D eigenvalue weighted by atomic mass is 16.3. The third-order valence-electron chi connectivity index (χ3n) is 3.69. The molecule has 0 spiro atoms. The maximum absolute atomic E-state index is 10.5. The molecule has 1 aliphatic carbocycles. The van der Waals surface area contributed by atoms with Gasteiger partial charge in [0.2, 0.25) is 0 Å². The van der Waals surface area contributed by atoms with Crippen molar-refractivity contribution in [3.63, 3.8) is 0 Å². The van der Waals surface area contributed by atoms with Crippen molar-refractivity contribution >= 4 is 0 Å². The maximum atomic E-state index is 10.5. The molecule has 0 bridgehead atoms. The Morgan fingerprint density at radius 3 is 2.44 bits per heavy atom. The molecule has 1 saturated carbocycles. The van der Waals surface area contributed by atoms with E-state index in [0.29, 0.717) is 5.92 Å². The summed E-state index contributed by atoms with van der Waals surface area (Å²) in [5.41, 5.74) is -0.428. The maximum Gasteiger partial charge on any atom is 0.0798 e. The molecule has 0 unspecified atom stereocenters. The van der Waals surface area contributed by atoms with E-state index in [1.165, 1.54) is 12.8 Å². The van der Waals surface area contributed by atoms with Crippen LogP contribution in [0.25, 0.3) is 0 Å². The van der Waals surface area contributed by atoms with Crippen molar-refractivity contribution in [2.75, 3.05) is 26.2 Å². The zero-order valence-corrected chi connectivity index (χ0v) is 10.7. The van der Waals surface area contributed by atoms with Crippen molar-refractivity contribution in [3.8, 4) is 0 Å². The first-order valence-electron chi connectivity index (χ1n) is 6.76. The van der Waals surface area contributed by atoms with Gasteiger partial charge >= 0.3 is 0 Å². The molecule has 0 aromatic heterocycles. The van der Waals surface area contributed by atoms with Gasteiger partial charge in [-0.15, -0.1) is 0 Å². The van der Waals surface area contributed by atoms with E-state index < -0.39 is 5.60 Å². The fourth-order valence-electron chi connectivity index (χ4n) is 2.68. The van der Waals surface area contributed by atoms with Crippen LogP contribution in [0.1, 0.15) is 39.5 Å². The van der Waals surface area contributed by atoms with Gasteiger partial charge in [0.15, 0.2) is 0 Å². The van der Waals surface area contributed by atoms with Crippen LogP contribution in [0.2, 0.25) is 0 Å². The molecule has 0 radical (unpaired) electrons. The number of hydrogen-bond acceptors (Lipinski definition) is 3. The number of nitrogens with one attached hydrogen (secondary N) is 1. The summed E-state index contributed by atoms with van der Waals surface area (Å²) in [4.78, 5) is 2.52. The van der Waals surface area contributed by atoms with Crippen molar-refractivity contribution < 1.29 is 5.11 Å². The standard InChI is InChI=1S/C13H26N2O/c1-11(2)9-15(12-3-4-12)10-13(16)5-7-14-8-6-13/h11-12,14,16H,3-10H2,1-2H3. The predicted molar refractivity (Wildman–Crippen MR) is 66.5 cm³/mol. The normalized spacial score (nSPS) is 25.3. The summed E-state index contributed by atoms with van der Waals surface area (Å²) >= 11 is 0. The third-order valence-corrected chi connectivity index (χ3v) is 3.69. The van der Waals surface area contributed by atoms with E-state index in [-0.39, 0.29) is 0 Å². The van der Waals surface area contributed by atoms with Gasteiger partial charge < -0.3 is 10.4 Å². The highest BCUT2D eigenvalue weighted by molar-refractivity contribution is 4.93. The first-order chi connectivity index (χ1) is 7.59. The van der Waals surface area contributed by atoms with Gasteiger partial charge in [0.05, 0.1) is 5.60 Å². The molecule has 0 aromatic rings. The summed E-state index contributed by atoms with van der Waals surface area (Å²) < 4.78 is 0. The second-order valence-electron chi connectivity index (χ2n) is 6.03. The Hall–Kier alpha value is -0.120. The van der Waals surface area contributed by atoms with Crippen LogP contribution in [0.4, 0.5) is 0 Å². The van der Waals surface area contributed by atoms with Gasteiger partial charge in [0.1, 0.15) is 0 Å². The van der Waals surface area contributed by atoms with Gasteiger partial charge in [0, 0.05) is 19.1 Å². The molecule has 2 fully saturated rings. The zero-order valence-electron chi connectivity index (χ0n) is 10.7. The van der Waals surface area contributed by atoms with Crippen molar-refractivity contribution in [1.29, 1.82) is 0 Å². The van der Waals surface area contributed by atoms with Crippen LogP contribution < -0.4 is 5.32 Å². The molecule has 16 heavy (non-hydrogen) atoms. The lowest BCUT2D eigenvalue weighted by atomic mass is 9.91. The Balaban J connectivity index is 1.88. The molecule has 2 N–H and O–H groups in total. The molecule has 2 aliphatic rings. The molecule has 1 heterocycles. The average molecular weight is 226 g/mol. The molecule has 94 valence electrons. The van der Waals surface area contributed by atoms with Gasteiger partial charge in [0.25, 0.3) is 0 Å². The minimum Gasteiger partial charge on any atom is -0.388 e. The van der Waals surface area contributed by atoms with Gasteiger partial charge in [-0.3, -0.25) is 4.90 Å². The first kappa shape index (κ1) is 12.3. The topological polar surface area (TPSA) is 35.5 Å². The monoisotopic (exact) mass is 226 g/mol. The largest absolute Gasteiger partial charge is 0.388 e. The van der Waals surface area contributed by atoms with Crippen LogP contribution in [-0.4, -0.2) is 47.8 Å². The van der Waals surface area contributed by atoms with Gasteiger partial charge in [-0.2, -0.15) is 0 Å². The highest BCUT2D eigenvalue weighted by Gasteiger charge is 2.37. The number of aliphatic hydroxyl groups is 1.